The molecule has 0 aliphatic carbocycles. The molecule has 206 valence electrons. The summed E-state index contributed by atoms with van der Waals surface area (Å²) in [5, 5.41) is 13.5. The Balaban J connectivity index is 1.38. The predicted molar refractivity (Wildman–Crippen MR) is 155 cm³/mol. The average molecular weight is 538 g/mol. The van der Waals surface area contributed by atoms with Crippen LogP contribution in [0.15, 0.2) is 121 Å². The second kappa shape index (κ2) is 14.5. The van der Waals surface area contributed by atoms with Gasteiger partial charge < -0.3 is 24.2 Å². The van der Waals surface area contributed by atoms with Crippen LogP contribution in [0.2, 0.25) is 0 Å². The van der Waals surface area contributed by atoms with E-state index >= 15 is 0 Å². The van der Waals surface area contributed by atoms with E-state index in [1.54, 1.807) is 6.21 Å². The van der Waals surface area contributed by atoms with Gasteiger partial charge in [-0.25, -0.2) is 4.74 Å². The molecule has 0 saturated carbocycles. The number of hydroxylamine groups is 1. The van der Waals surface area contributed by atoms with Gasteiger partial charge >= 0.3 is 0 Å². The minimum Gasteiger partial charge on any atom is -0.624 e. The smallest absolute Gasteiger partial charge is 0.214 e. The summed E-state index contributed by atoms with van der Waals surface area (Å²) in [5.74, 6) is 0. The normalized spacial score (nSPS) is 20.6. The summed E-state index contributed by atoms with van der Waals surface area (Å²) in [4.78, 5) is 0. The standard InChI is InChI=1S/C34H35NO5/c36-35-21-32(38-23-28-15-7-2-8-16-28)34(40-25-30-19-11-4-12-20-30)33(39-24-29-17-9-3-10-18-29)31(35)26-37-22-27-13-5-1-6-14-27/h1-21,31-34H,22-26H2/t31-,32+,33+,34-/m1/s1. The van der Waals surface area contributed by atoms with Crippen molar-refractivity contribution in [3.05, 3.63) is 149 Å². The molecule has 0 aromatic heterocycles. The summed E-state index contributed by atoms with van der Waals surface area (Å²) in [6, 6.07) is 39.2. The molecule has 4 aromatic carbocycles. The van der Waals surface area contributed by atoms with E-state index in [1.165, 1.54) is 0 Å². The maximum atomic E-state index is 13.5. The summed E-state index contributed by atoms with van der Waals surface area (Å²) >= 11 is 0. The zero-order valence-electron chi connectivity index (χ0n) is 22.5. The van der Waals surface area contributed by atoms with Gasteiger partial charge in [0, 0.05) is 0 Å². The quantitative estimate of drug-likeness (QED) is 0.156. The molecule has 1 aliphatic rings. The highest BCUT2D eigenvalue weighted by molar-refractivity contribution is 5.60. The topological polar surface area (TPSA) is 63.0 Å². The minimum absolute atomic E-state index is 0.185. The second-order valence-corrected chi connectivity index (χ2v) is 9.86. The zero-order chi connectivity index (χ0) is 27.4. The summed E-state index contributed by atoms with van der Waals surface area (Å²) in [5.41, 5.74) is 4.11. The minimum atomic E-state index is -0.607. The molecule has 1 heterocycles. The molecule has 0 bridgehead atoms. The highest BCUT2D eigenvalue weighted by Crippen LogP contribution is 2.25. The summed E-state index contributed by atoms with van der Waals surface area (Å²) in [6.45, 7) is 1.64. The number of ether oxygens (including phenoxy) is 4. The van der Waals surface area contributed by atoms with Crippen LogP contribution in [0.1, 0.15) is 22.3 Å². The van der Waals surface area contributed by atoms with Gasteiger partial charge in [-0.15, -0.1) is 0 Å². The fraction of sp³-hybridized carbons (Fsp3) is 0.265. The van der Waals surface area contributed by atoms with Crippen molar-refractivity contribution in [2.45, 2.75) is 50.8 Å². The molecule has 0 saturated heterocycles. The Labute approximate surface area is 236 Å². The molecule has 0 N–H and O–H groups in total. The van der Waals surface area contributed by atoms with Crippen LogP contribution in [0.3, 0.4) is 0 Å². The Kier molecular flexibility index (Phi) is 10.1. The van der Waals surface area contributed by atoms with Crippen LogP contribution in [0.4, 0.5) is 0 Å². The first kappa shape index (κ1) is 27.7. The molecule has 0 amide bonds. The predicted octanol–water partition coefficient (Wildman–Crippen LogP) is 5.92. The first-order valence-electron chi connectivity index (χ1n) is 13.6. The number of hydrogen-bond donors (Lipinski definition) is 0. The fourth-order valence-electron chi connectivity index (χ4n) is 4.76. The van der Waals surface area contributed by atoms with Gasteiger partial charge in [0.15, 0.2) is 18.4 Å². The monoisotopic (exact) mass is 537 g/mol. The van der Waals surface area contributed by atoms with Crippen LogP contribution in [-0.2, 0) is 45.4 Å². The molecule has 40 heavy (non-hydrogen) atoms. The van der Waals surface area contributed by atoms with Gasteiger partial charge in [-0.2, -0.15) is 0 Å². The van der Waals surface area contributed by atoms with E-state index in [-0.39, 0.29) is 6.61 Å². The van der Waals surface area contributed by atoms with Gasteiger partial charge in [0.2, 0.25) is 6.04 Å². The van der Waals surface area contributed by atoms with Gasteiger partial charge in [-0.3, -0.25) is 0 Å². The Morgan fingerprint density at radius 1 is 0.500 bits per heavy atom. The van der Waals surface area contributed by atoms with E-state index in [2.05, 4.69) is 0 Å². The maximum Gasteiger partial charge on any atom is 0.214 e. The highest BCUT2D eigenvalue weighted by Gasteiger charge is 2.46. The van der Waals surface area contributed by atoms with Gasteiger partial charge in [0.1, 0.15) is 12.7 Å². The molecule has 0 spiro atoms. The summed E-state index contributed by atoms with van der Waals surface area (Å²) < 4.78 is 26.3. The first-order valence-corrected chi connectivity index (χ1v) is 13.6. The SMILES string of the molecule is [O-][N+]1=C[C@H](OCc2ccccc2)[C@@H](OCc2ccccc2)[C@@H](OCc2ccccc2)[C@H]1COCc1ccccc1. The molecule has 4 atom stereocenters. The number of hydrogen-bond acceptors (Lipinski definition) is 5. The molecule has 5 rings (SSSR count). The van der Waals surface area contributed by atoms with E-state index in [0.717, 1.165) is 27.0 Å². The third-order valence-electron chi connectivity index (χ3n) is 6.90. The van der Waals surface area contributed by atoms with Crippen molar-refractivity contribution < 1.29 is 23.7 Å². The molecule has 0 unspecified atom stereocenters. The fourth-order valence-corrected chi connectivity index (χ4v) is 4.76. The molecule has 6 nitrogen and oxygen atoms in total. The third-order valence-corrected chi connectivity index (χ3v) is 6.90. The van der Waals surface area contributed by atoms with Crippen LogP contribution in [-0.4, -0.2) is 41.9 Å². The molecule has 1 aliphatic heterocycles. The maximum absolute atomic E-state index is 13.5. The van der Waals surface area contributed by atoms with E-state index < -0.39 is 24.4 Å². The van der Waals surface area contributed by atoms with Gasteiger partial charge in [0.05, 0.1) is 26.4 Å². The van der Waals surface area contributed by atoms with E-state index in [1.807, 2.05) is 121 Å². The zero-order valence-corrected chi connectivity index (χ0v) is 22.5. The van der Waals surface area contributed by atoms with Gasteiger partial charge in [-0.05, 0) is 22.3 Å². The Morgan fingerprint density at radius 3 is 1.38 bits per heavy atom. The lowest BCUT2D eigenvalue weighted by Crippen LogP contribution is -2.58. The molecule has 0 fully saturated rings. The molecular formula is C34H35NO5. The molecular weight excluding hydrogens is 502 g/mol. The lowest BCUT2D eigenvalue weighted by atomic mass is 9.97. The molecule has 4 aromatic rings. The van der Waals surface area contributed by atoms with Crippen molar-refractivity contribution in [3.63, 3.8) is 0 Å². The molecule has 6 heteroatoms. The van der Waals surface area contributed by atoms with Crippen LogP contribution in [0.5, 0.6) is 0 Å². The largest absolute Gasteiger partial charge is 0.624 e. The number of benzene rings is 4. The lowest BCUT2D eigenvalue weighted by molar-refractivity contribution is -0.531. The van der Waals surface area contributed by atoms with Crippen LogP contribution in [0, 0.1) is 5.21 Å². The third kappa shape index (κ3) is 7.87. The van der Waals surface area contributed by atoms with E-state index in [4.69, 9.17) is 18.9 Å². The van der Waals surface area contributed by atoms with Crippen LogP contribution < -0.4 is 0 Å². The van der Waals surface area contributed by atoms with E-state index in [9.17, 15) is 5.21 Å². The lowest BCUT2D eigenvalue weighted by Gasteiger charge is -2.38. The van der Waals surface area contributed by atoms with Gasteiger partial charge in [-0.1, -0.05) is 121 Å². The number of nitrogens with zero attached hydrogens (tertiary/aromatic N) is 1. The average Bonchev–Trinajstić information content (AvgIpc) is 3.01. The van der Waals surface area contributed by atoms with Crippen molar-refractivity contribution in [1.29, 1.82) is 0 Å². The Bertz CT molecular complexity index is 1300. The second-order valence-electron chi connectivity index (χ2n) is 9.86. The molecule has 0 radical (unpaired) electrons. The summed E-state index contributed by atoms with van der Waals surface area (Å²) in [6.07, 6.45) is -0.156. The van der Waals surface area contributed by atoms with Crippen molar-refractivity contribution in [1.82, 2.24) is 0 Å². The Morgan fingerprint density at radius 2 is 0.900 bits per heavy atom. The van der Waals surface area contributed by atoms with E-state index in [0.29, 0.717) is 26.4 Å². The van der Waals surface area contributed by atoms with Crippen molar-refractivity contribution in [2.75, 3.05) is 6.61 Å². The van der Waals surface area contributed by atoms with Crippen LogP contribution >= 0.6 is 0 Å². The van der Waals surface area contributed by atoms with Crippen molar-refractivity contribution in [2.24, 2.45) is 0 Å². The van der Waals surface area contributed by atoms with Crippen molar-refractivity contribution in [3.8, 4) is 0 Å². The first-order chi connectivity index (χ1) is 19.8. The summed E-state index contributed by atoms with van der Waals surface area (Å²) in [7, 11) is 0. The number of rotatable bonds is 13. The van der Waals surface area contributed by atoms with Crippen molar-refractivity contribution >= 4 is 6.21 Å². The van der Waals surface area contributed by atoms with Gasteiger partial charge in [0.25, 0.3) is 0 Å². The Hall–Kier alpha value is -3.81. The van der Waals surface area contributed by atoms with Crippen LogP contribution in [0.25, 0.3) is 0 Å². The highest BCUT2D eigenvalue weighted by atomic mass is 16.6.